The van der Waals surface area contributed by atoms with Crippen LogP contribution in [0.25, 0.3) is 5.69 Å². The number of aromatic hydroxyl groups is 2. The third-order valence-corrected chi connectivity index (χ3v) is 4.41. The highest BCUT2D eigenvalue weighted by molar-refractivity contribution is 7.71. The Morgan fingerprint density at radius 3 is 2.62 bits per heavy atom. The molecule has 0 aliphatic rings. The van der Waals surface area contributed by atoms with Gasteiger partial charge in [0.1, 0.15) is 22.8 Å². The third-order valence-electron chi connectivity index (χ3n) is 3.84. The van der Waals surface area contributed by atoms with E-state index in [4.69, 9.17) is 28.9 Å². The van der Waals surface area contributed by atoms with Gasteiger partial charge in [-0.05, 0) is 48.6 Å². The lowest BCUT2D eigenvalue weighted by Crippen LogP contribution is -2.18. The van der Waals surface area contributed by atoms with Crippen molar-refractivity contribution in [1.29, 1.82) is 0 Å². The SMILES string of the molecule is O=C(O)c1ccc(O)c(N=Cc2c(O)n(-c3ccc(F)c(Cl)c3)c(=S)[nH]c2=O)c1. The first-order valence-electron chi connectivity index (χ1n) is 7.83. The molecule has 11 heteroatoms. The Bertz CT molecular complexity index is 1290. The normalized spacial score (nSPS) is 11.1. The Morgan fingerprint density at radius 2 is 1.97 bits per heavy atom. The smallest absolute Gasteiger partial charge is 0.335 e. The van der Waals surface area contributed by atoms with Crippen LogP contribution in [-0.4, -0.2) is 37.1 Å². The van der Waals surface area contributed by atoms with Crippen molar-refractivity contribution in [2.24, 2.45) is 4.99 Å². The highest BCUT2D eigenvalue weighted by atomic mass is 35.5. The lowest BCUT2D eigenvalue weighted by atomic mass is 10.2. The fourth-order valence-electron chi connectivity index (χ4n) is 2.41. The molecule has 148 valence electrons. The molecule has 0 aliphatic heterocycles. The van der Waals surface area contributed by atoms with Gasteiger partial charge in [-0.15, -0.1) is 0 Å². The van der Waals surface area contributed by atoms with E-state index in [0.717, 1.165) is 29.0 Å². The molecule has 0 fully saturated rings. The number of carboxylic acids is 1. The van der Waals surface area contributed by atoms with E-state index in [1.54, 1.807) is 0 Å². The fourth-order valence-corrected chi connectivity index (χ4v) is 2.87. The molecule has 4 N–H and O–H groups in total. The summed E-state index contributed by atoms with van der Waals surface area (Å²) in [5, 5.41) is 29.2. The molecular formula is C18H11ClFN3O5S. The van der Waals surface area contributed by atoms with Crippen LogP contribution in [0.5, 0.6) is 11.6 Å². The number of phenolic OH excluding ortho intramolecular Hbond substituents is 1. The van der Waals surface area contributed by atoms with Gasteiger partial charge in [0.2, 0.25) is 5.88 Å². The molecule has 3 rings (SSSR count). The van der Waals surface area contributed by atoms with Crippen molar-refractivity contribution < 1.29 is 24.5 Å². The second kappa shape index (κ2) is 7.86. The van der Waals surface area contributed by atoms with E-state index in [1.807, 2.05) is 0 Å². The summed E-state index contributed by atoms with van der Waals surface area (Å²) in [5.41, 5.74) is -1.21. The molecule has 8 nitrogen and oxygen atoms in total. The van der Waals surface area contributed by atoms with Crippen LogP contribution < -0.4 is 5.56 Å². The molecule has 0 radical (unpaired) electrons. The van der Waals surface area contributed by atoms with Crippen LogP contribution in [0.3, 0.4) is 0 Å². The number of rotatable bonds is 4. The maximum Gasteiger partial charge on any atom is 0.335 e. The number of halogens is 2. The molecule has 1 heterocycles. The van der Waals surface area contributed by atoms with Crippen molar-refractivity contribution >= 4 is 41.7 Å². The topological polar surface area (TPSA) is 128 Å². The minimum absolute atomic E-state index is 0.134. The third kappa shape index (κ3) is 4.03. The number of phenols is 1. The molecule has 0 saturated heterocycles. The number of aromatic nitrogens is 2. The summed E-state index contributed by atoms with van der Waals surface area (Å²) in [6, 6.07) is 6.96. The number of carbonyl (C=O) groups is 1. The molecule has 0 amide bonds. The van der Waals surface area contributed by atoms with Crippen LogP contribution in [0.4, 0.5) is 10.1 Å². The number of aromatic amines is 1. The van der Waals surface area contributed by atoms with E-state index in [2.05, 4.69) is 9.98 Å². The van der Waals surface area contributed by atoms with Gasteiger partial charge in [0, 0.05) is 6.21 Å². The van der Waals surface area contributed by atoms with Gasteiger partial charge in [0.05, 0.1) is 16.3 Å². The first kappa shape index (κ1) is 20.2. The zero-order valence-electron chi connectivity index (χ0n) is 14.3. The van der Waals surface area contributed by atoms with Gasteiger partial charge in [-0.2, -0.15) is 0 Å². The van der Waals surface area contributed by atoms with E-state index >= 15 is 0 Å². The van der Waals surface area contributed by atoms with Gasteiger partial charge < -0.3 is 15.3 Å². The summed E-state index contributed by atoms with van der Waals surface area (Å²) in [6.07, 6.45) is 0.936. The second-order valence-electron chi connectivity index (χ2n) is 5.70. The van der Waals surface area contributed by atoms with Gasteiger partial charge in [-0.25, -0.2) is 9.18 Å². The minimum atomic E-state index is -1.23. The Morgan fingerprint density at radius 1 is 1.24 bits per heavy atom. The number of nitrogens with zero attached hydrogens (tertiary/aromatic N) is 2. The number of benzene rings is 2. The molecule has 2 aromatic carbocycles. The molecule has 0 aliphatic carbocycles. The quantitative estimate of drug-likeness (QED) is 0.366. The molecular weight excluding hydrogens is 425 g/mol. The summed E-state index contributed by atoms with van der Waals surface area (Å²) in [7, 11) is 0. The number of aliphatic imine (C=N–C) groups is 1. The Kier molecular flexibility index (Phi) is 5.48. The van der Waals surface area contributed by atoms with Crippen LogP contribution >= 0.6 is 23.8 Å². The fraction of sp³-hybridized carbons (Fsp3) is 0. The monoisotopic (exact) mass is 435 g/mol. The van der Waals surface area contributed by atoms with Crippen molar-refractivity contribution in [3.05, 3.63) is 73.5 Å². The van der Waals surface area contributed by atoms with Gasteiger partial charge in [-0.1, -0.05) is 11.6 Å². The van der Waals surface area contributed by atoms with Gasteiger partial charge >= 0.3 is 5.97 Å². The summed E-state index contributed by atoms with van der Waals surface area (Å²) < 4.78 is 14.3. The molecule has 3 aromatic rings. The Balaban J connectivity index is 2.14. The van der Waals surface area contributed by atoms with Crippen molar-refractivity contribution in [1.82, 2.24) is 9.55 Å². The molecule has 29 heavy (non-hydrogen) atoms. The number of carboxylic acid groups (broad SMARTS) is 1. The molecule has 0 spiro atoms. The van der Waals surface area contributed by atoms with Gasteiger partial charge in [-0.3, -0.25) is 19.3 Å². The Labute approximate surface area is 171 Å². The highest BCUT2D eigenvalue weighted by Gasteiger charge is 2.14. The van der Waals surface area contributed by atoms with Crippen molar-refractivity contribution in [2.45, 2.75) is 0 Å². The van der Waals surface area contributed by atoms with E-state index in [9.17, 15) is 24.2 Å². The van der Waals surface area contributed by atoms with Gasteiger partial charge in [0.15, 0.2) is 4.77 Å². The average molecular weight is 436 g/mol. The molecule has 0 atom stereocenters. The van der Waals surface area contributed by atoms with Crippen LogP contribution in [0.15, 0.2) is 46.2 Å². The zero-order valence-corrected chi connectivity index (χ0v) is 15.8. The first-order chi connectivity index (χ1) is 13.7. The lowest BCUT2D eigenvalue weighted by Gasteiger charge is -2.11. The molecule has 0 saturated carbocycles. The largest absolute Gasteiger partial charge is 0.506 e. The van der Waals surface area contributed by atoms with Crippen molar-refractivity contribution in [3.8, 4) is 17.3 Å². The predicted octanol–water partition coefficient (Wildman–Crippen LogP) is 3.55. The van der Waals surface area contributed by atoms with E-state index in [1.165, 1.54) is 18.2 Å². The number of nitrogens with one attached hydrogen (secondary N) is 1. The van der Waals surface area contributed by atoms with Crippen LogP contribution in [0.1, 0.15) is 15.9 Å². The summed E-state index contributed by atoms with van der Waals surface area (Å²) in [5.74, 6) is -2.86. The number of aromatic carboxylic acids is 1. The number of hydrogen-bond acceptors (Lipinski definition) is 6. The summed E-state index contributed by atoms with van der Waals surface area (Å²) in [6.45, 7) is 0. The van der Waals surface area contributed by atoms with Crippen molar-refractivity contribution in [2.75, 3.05) is 0 Å². The highest BCUT2D eigenvalue weighted by Crippen LogP contribution is 2.28. The van der Waals surface area contributed by atoms with E-state index in [-0.39, 0.29) is 38.0 Å². The standard InChI is InChI=1S/C18H11ClFN3O5S/c19-11-6-9(2-3-12(11)20)23-16(26)10(15(25)22-18(23)29)7-21-13-5-8(17(27)28)1-4-14(13)24/h1-7,24,26H,(H,27,28)(H,22,25,29). The molecule has 0 unspecified atom stereocenters. The molecule has 1 aromatic heterocycles. The predicted molar refractivity (Wildman–Crippen MR) is 106 cm³/mol. The first-order valence-corrected chi connectivity index (χ1v) is 8.61. The van der Waals surface area contributed by atoms with E-state index < -0.39 is 23.2 Å². The number of H-pyrrole nitrogens is 1. The lowest BCUT2D eigenvalue weighted by molar-refractivity contribution is 0.0697. The van der Waals surface area contributed by atoms with Crippen LogP contribution in [0, 0.1) is 10.6 Å². The van der Waals surface area contributed by atoms with E-state index in [0.29, 0.717) is 0 Å². The second-order valence-corrected chi connectivity index (χ2v) is 6.49. The van der Waals surface area contributed by atoms with Crippen LogP contribution in [0.2, 0.25) is 5.02 Å². The summed E-state index contributed by atoms with van der Waals surface area (Å²) >= 11 is 10.8. The average Bonchev–Trinajstić information content (AvgIpc) is 2.65. The Hall–Kier alpha value is -3.50. The maximum absolute atomic E-state index is 13.4. The van der Waals surface area contributed by atoms with Crippen molar-refractivity contribution in [3.63, 3.8) is 0 Å². The maximum atomic E-state index is 13.4. The number of hydrogen-bond donors (Lipinski definition) is 4. The summed E-state index contributed by atoms with van der Waals surface area (Å²) in [4.78, 5) is 29.5. The minimum Gasteiger partial charge on any atom is -0.506 e. The molecule has 0 bridgehead atoms. The van der Waals surface area contributed by atoms with Gasteiger partial charge in [0.25, 0.3) is 5.56 Å². The van der Waals surface area contributed by atoms with Crippen LogP contribution in [-0.2, 0) is 0 Å². The zero-order chi connectivity index (χ0) is 21.3.